The molecule has 2 N–H and O–H groups in total. The highest BCUT2D eigenvalue weighted by atomic mass is 35.5. The lowest BCUT2D eigenvalue weighted by atomic mass is 10.2. The summed E-state index contributed by atoms with van der Waals surface area (Å²) in [4.78, 5) is 67.8. The highest BCUT2D eigenvalue weighted by Crippen LogP contribution is 2.33. The number of hydrogen-bond donors (Lipinski definition) is 2. The Morgan fingerprint density at radius 2 is 2.00 bits per heavy atom. The first kappa shape index (κ1) is 25.1. The number of carbonyl (C=O) groups is 3. The van der Waals surface area contributed by atoms with Crippen molar-refractivity contribution in [2.75, 3.05) is 13.1 Å². The van der Waals surface area contributed by atoms with E-state index in [-0.39, 0.29) is 53.0 Å². The van der Waals surface area contributed by atoms with Gasteiger partial charge in [0.1, 0.15) is 10.8 Å². The third-order valence-electron chi connectivity index (χ3n) is 5.25. The van der Waals surface area contributed by atoms with E-state index in [1.807, 2.05) is 0 Å². The van der Waals surface area contributed by atoms with Crippen molar-refractivity contribution < 1.29 is 19.3 Å². The van der Waals surface area contributed by atoms with E-state index in [0.29, 0.717) is 34.1 Å². The van der Waals surface area contributed by atoms with E-state index in [9.17, 15) is 29.3 Å². The van der Waals surface area contributed by atoms with Gasteiger partial charge in [0.15, 0.2) is 0 Å². The summed E-state index contributed by atoms with van der Waals surface area (Å²) in [6.07, 6.45) is 1.64. The first-order chi connectivity index (χ1) is 17.2. The van der Waals surface area contributed by atoms with Crippen LogP contribution in [0.2, 0.25) is 5.02 Å². The predicted octanol–water partition coefficient (Wildman–Crippen LogP) is 3.27. The van der Waals surface area contributed by atoms with Crippen LogP contribution in [0.3, 0.4) is 0 Å². The summed E-state index contributed by atoms with van der Waals surface area (Å²) >= 11 is 6.51. The Morgan fingerprint density at radius 3 is 2.78 bits per heavy atom. The van der Waals surface area contributed by atoms with Gasteiger partial charge in [0.25, 0.3) is 22.4 Å². The number of thioether (sulfide) groups is 1. The van der Waals surface area contributed by atoms with Gasteiger partial charge in [-0.15, -0.1) is 0 Å². The molecule has 2 heterocycles. The van der Waals surface area contributed by atoms with Crippen molar-refractivity contribution >= 4 is 63.1 Å². The number of halogens is 1. The number of hydrogen-bond acceptors (Lipinski definition) is 8. The fourth-order valence-electron chi connectivity index (χ4n) is 3.48. The molecule has 1 aliphatic rings. The smallest absolute Gasteiger partial charge is 0.293 e. The Kier molecular flexibility index (Phi) is 7.46. The largest absolute Gasteiger partial charge is 0.354 e. The van der Waals surface area contributed by atoms with Gasteiger partial charge in [0.2, 0.25) is 5.91 Å². The second-order valence-electron chi connectivity index (χ2n) is 7.68. The molecule has 1 aliphatic heterocycles. The molecule has 3 aromatic rings. The maximum atomic E-state index is 12.6. The molecule has 0 aliphatic carbocycles. The molecule has 184 valence electrons. The summed E-state index contributed by atoms with van der Waals surface area (Å²) in [5.74, 6) is -0.510. The molecule has 0 spiro atoms. The molecule has 36 heavy (non-hydrogen) atoms. The fourth-order valence-corrected chi connectivity index (χ4v) is 4.54. The number of nitro groups is 1. The third-order valence-corrected chi connectivity index (χ3v) is 6.47. The maximum Gasteiger partial charge on any atom is 0.293 e. The topological polar surface area (TPSA) is 155 Å². The first-order valence-corrected chi connectivity index (χ1v) is 11.9. The van der Waals surface area contributed by atoms with E-state index in [1.54, 1.807) is 24.3 Å². The molecule has 11 nitrogen and oxygen atoms in total. The van der Waals surface area contributed by atoms with Gasteiger partial charge in [-0.25, -0.2) is 4.98 Å². The minimum atomic E-state index is -0.637. The maximum absolute atomic E-state index is 12.6. The molecule has 13 heteroatoms. The standard InChI is InChI=1S/C23H18ClN5O6S/c24-15-6-5-13(11-17(15)29(34)35)12-18-22(32)28(23(33)36-18)10-9-25-20(30)8-7-19-26-16-4-2-1-3-14(16)21(31)27-19/h1-6,11-12H,7-10H2,(H,25,30)(H,26,27,31). The van der Waals surface area contributed by atoms with Crippen molar-refractivity contribution in [1.29, 1.82) is 0 Å². The van der Waals surface area contributed by atoms with Crippen molar-refractivity contribution in [2.24, 2.45) is 0 Å². The van der Waals surface area contributed by atoms with E-state index in [2.05, 4.69) is 15.3 Å². The number of rotatable bonds is 8. The number of aromatic amines is 1. The quantitative estimate of drug-likeness (QED) is 0.257. The van der Waals surface area contributed by atoms with Gasteiger partial charge in [-0.05, 0) is 41.6 Å². The average molecular weight is 528 g/mol. The summed E-state index contributed by atoms with van der Waals surface area (Å²) in [6.45, 7) is -0.00217. The third kappa shape index (κ3) is 5.61. The van der Waals surface area contributed by atoms with Gasteiger partial charge in [0.05, 0.1) is 20.7 Å². The summed E-state index contributed by atoms with van der Waals surface area (Å²) in [7, 11) is 0. The number of benzene rings is 2. The number of amides is 3. The van der Waals surface area contributed by atoms with Crippen LogP contribution in [0.4, 0.5) is 10.5 Å². The molecule has 1 saturated heterocycles. The number of aromatic nitrogens is 2. The van der Waals surface area contributed by atoms with Gasteiger partial charge >= 0.3 is 0 Å². The molecule has 1 aromatic heterocycles. The van der Waals surface area contributed by atoms with Gasteiger partial charge in [0, 0.05) is 32.0 Å². The summed E-state index contributed by atoms with van der Waals surface area (Å²) in [5, 5.41) is 13.6. The van der Waals surface area contributed by atoms with Crippen molar-refractivity contribution in [1.82, 2.24) is 20.2 Å². The van der Waals surface area contributed by atoms with Crippen molar-refractivity contribution in [3.05, 3.63) is 84.2 Å². The number of para-hydroxylation sites is 1. The van der Waals surface area contributed by atoms with Crippen LogP contribution >= 0.6 is 23.4 Å². The van der Waals surface area contributed by atoms with Crippen molar-refractivity contribution in [3.8, 4) is 0 Å². The average Bonchev–Trinajstić information content (AvgIpc) is 3.11. The number of nitrogens with one attached hydrogen (secondary N) is 2. The van der Waals surface area contributed by atoms with Crippen LogP contribution in [0.5, 0.6) is 0 Å². The first-order valence-electron chi connectivity index (χ1n) is 10.7. The molecular formula is C23H18ClN5O6S. The normalized spacial score (nSPS) is 14.6. The zero-order valence-corrected chi connectivity index (χ0v) is 20.1. The van der Waals surface area contributed by atoms with Crippen LogP contribution in [-0.4, -0.2) is 49.9 Å². The highest BCUT2D eigenvalue weighted by Gasteiger charge is 2.34. The van der Waals surface area contributed by atoms with Crippen LogP contribution in [0, 0.1) is 10.1 Å². The number of fused-ring (bicyclic) bond motifs is 1. The van der Waals surface area contributed by atoms with Crippen LogP contribution in [-0.2, 0) is 16.0 Å². The number of nitro benzene ring substituents is 1. The number of aryl methyl sites for hydroxylation is 1. The Labute approximate surface area is 212 Å². The minimum absolute atomic E-state index is 0.0382. The Morgan fingerprint density at radius 1 is 1.22 bits per heavy atom. The summed E-state index contributed by atoms with van der Waals surface area (Å²) < 4.78 is 0. The van der Waals surface area contributed by atoms with E-state index in [1.165, 1.54) is 24.3 Å². The van der Waals surface area contributed by atoms with E-state index >= 15 is 0 Å². The Balaban J connectivity index is 1.31. The number of imide groups is 1. The second kappa shape index (κ2) is 10.7. The zero-order valence-electron chi connectivity index (χ0n) is 18.5. The number of H-pyrrole nitrogens is 1. The van der Waals surface area contributed by atoms with Crippen LogP contribution in [0.1, 0.15) is 17.8 Å². The van der Waals surface area contributed by atoms with Crippen LogP contribution < -0.4 is 10.9 Å². The molecule has 4 rings (SSSR count). The monoisotopic (exact) mass is 527 g/mol. The molecule has 3 amide bonds. The lowest BCUT2D eigenvalue weighted by molar-refractivity contribution is -0.384. The van der Waals surface area contributed by atoms with Crippen molar-refractivity contribution in [3.63, 3.8) is 0 Å². The van der Waals surface area contributed by atoms with Crippen molar-refractivity contribution in [2.45, 2.75) is 12.8 Å². The molecule has 0 atom stereocenters. The van der Waals surface area contributed by atoms with Gasteiger partial charge in [-0.2, -0.15) is 0 Å². The fraction of sp³-hybridized carbons (Fsp3) is 0.174. The van der Waals surface area contributed by atoms with Gasteiger partial charge in [-0.3, -0.25) is 34.2 Å². The predicted molar refractivity (Wildman–Crippen MR) is 134 cm³/mol. The van der Waals surface area contributed by atoms with Gasteiger partial charge < -0.3 is 10.3 Å². The highest BCUT2D eigenvalue weighted by molar-refractivity contribution is 8.18. The lowest BCUT2D eigenvalue weighted by Crippen LogP contribution is -2.37. The second-order valence-corrected chi connectivity index (χ2v) is 9.08. The molecule has 0 unspecified atom stereocenters. The molecule has 0 radical (unpaired) electrons. The Hall–Kier alpha value is -4.03. The van der Waals surface area contributed by atoms with E-state index in [4.69, 9.17) is 11.6 Å². The molecule has 2 aromatic carbocycles. The lowest BCUT2D eigenvalue weighted by Gasteiger charge is -2.13. The van der Waals surface area contributed by atoms with Crippen LogP contribution in [0.15, 0.2) is 52.2 Å². The minimum Gasteiger partial charge on any atom is -0.354 e. The Bertz CT molecular complexity index is 1490. The van der Waals surface area contributed by atoms with E-state index in [0.717, 1.165) is 4.90 Å². The molecule has 1 fully saturated rings. The summed E-state index contributed by atoms with van der Waals surface area (Å²) in [6, 6.07) is 10.9. The SMILES string of the molecule is O=C(CCc1nc2ccccc2c(=O)[nH]1)NCCN1C(=O)SC(=Cc2ccc(Cl)c([N+](=O)[O-])c2)C1=O. The number of carbonyl (C=O) groups excluding carboxylic acids is 3. The zero-order chi connectivity index (χ0) is 25.8. The number of nitrogens with zero attached hydrogens (tertiary/aromatic N) is 3. The van der Waals surface area contributed by atoms with Gasteiger partial charge in [-0.1, -0.05) is 29.8 Å². The van der Waals surface area contributed by atoms with E-state index < -0.39 is 16.1 Å². The van der Waals surface area contributed by atoms with Crippen LogP contribution in [0.25, 0.3) is 17.0 Å². The molecular weight excluding hydrogens is 510 g/mol. The molecule has 0 saturated carbocycles. The summed E-state index contributed by atoms with van der Waals surface area (Å²) in [5.41, 5.74) is 0.300. The molecule has 0 bridgehead atoms.